The summed E-state index contributed by atoms with van der Waals surface area (Å²) in [6, 6.07) is 0. The molecule has 0 N–H and O–H groups in total. The van der Waals surface area contributed by atoms with Crippen LogP contribution in [0.5, 0.6) is 0 Å². The van der Waals surface area contributed by atoms with Gasteiger partial charge in [-0.2, -0.15) is 0 Å². The number of rotatable bonds is 44. The Kier molecular flexibility index (Phi) is 44.9. The molecule has 0 fully saturated rings. The van der Waals surface area contributed by atoms with Gasteiger partial charge in [0.25, 0.3) is 0 Å². The van der Waals surface area contributed by atoms with E-state index in [2.05, 4.69) is 69.4 Å². The van der Waals surface area contributed by atoms with E-state index < -0.39 is 6.10 Å². The Balaban J connectivity index is 4.40. The summed E-state index contributed by atoms with van der Waals surface area (Å²) in [4.78, 5) is 37.8. The number of unbranched alkanes of at least 4 members (excludes halogenated alkanes) is 25. The molecule has 6 nitrogen and oxygen atoms in total. The summed E-state index contributed by atoms with van der Waals surface area (Å²) in [5.41, 5.74) is 0. The van der Waals surface area contributed by atoms with Crippen molar-refractivity contribution < 1.29 is 28.6 Å². The van der Waals surface area contributed by atoms with E-state index in [1.165, 1.54) is 96.3 Å². The fourth-order valence-electron chi connectivity index (χ4n) is 6.86. The van der Waals surface area contributed by atoms with Gasteiger partial charge in [0.15, 0.2) is 6.10 Å². The van der Waals surface area contributed by atoms with Crippen LogP contribution in [0.15, 0.2) is 48.6 Å². The molecule has 0 aromatic rings. The van der Waals surface area contributed by atoms with Crippen molar-refractivity contribution in [2.45, 2.75) is 252 Å². The summed E-state index contributed by atoms with van der Waals surface area (Å²) in [7, 11) is 0. The summed E-state index contributed by atoms with van der Waals surface area (Å²) in [6.45, 7) is 6.49. The second-order valence-corrected chi connectivity index (χ2v) is 16.3. The number of hydrogen-bond acceptors (Lipinski definition) is 6. The molecule has 0 saturated heterocycles. The van der Waals surface area contributed by atoms with Crippen LogP contribution in [-0.4, -0.2) is 37.2 Å². The Bertz CT molecular complexity index is 1030. The summed E-state index contributed by atoms with van der Waals surface area (Å²) in [5.74, 6) is -0.903. The Morgan fingerprint density at radius 3 is 1.07 bits per heavy atom. The average molecular weight is 813 g/mol. The standard InChI is InChI=1S/C52H92O6/c1-4-7-10-13-16-19-22-24-26-28-30-33-36-39-42-45-51(54)57-48-49(47-56-50(53)44-41-38-35-32-29-21-18-15-12-9-6-3)58-52(55)46-43-40-37-34-31-27-25-23-20-17-14-11-8-5-2/h7,10,16,19,23-26,49H,4-6,8-9,11-15,17-18,20-22,27-48H2,1-3H3/b10-7-,19-16-,25-23-,26-24-. The van der Waals surface area contributed by atoms with Gasteiger partial charge in [-0.1, -0.05) is 198 Å². The van der Waals surface area contributed by atoms with Crippen molar-refractivity contribution in [3.63, 3.8) is 0 Å². The number of allylic oxidation sites excluding steroid dienone is 8. The maximum Gasteiger partial charge on any atom is 0.306 e. The Morgan fingerprint density at radius 2 is 0.672 bits per heavy atom. The lowest BCUT2D eigenvalue weighted by Gasteiger charge is -2.18. The molecule has 0 aromatic carbocycles. The van der Waals surface area contributed by atoms with E-state index in [0.29, 0.717) is 19.3 Å². The van der Waals surface area contributed by atoms with E-state index in [0.717, 1.165) is 109 Å². The molecule has 0 aliphatic heterocycles. The molecule has 58 heavy (non-hydrogen) atoms. The largest absolute Gasteiger partial charge is 0.462 e. The van der Waals surface area contributed by atoms with Crippen molar-refractivity contribution in [2.24, 2.45) is 0 Å². The zero-order valence-corrected chi connectivity index (χ0v) is 38.3. The van der Waals surface area contributed by atoms with Crippen LogP contribution in [-0.2, 0) is 28.6 Å². The number of carbonyl (C=O) groups is 3. The third kappa shape index (κ3) is 44.5. The molecule has 0 saturated carbocycles. The first kappa shape index (κ1) is 55.4. The molecular formula is C52H92O6. The fourth-order valence-corrected chi connectivity index (χ4v) is 6.86. The quantitative estimate of drug-likeness (QED) is 0.0264. The van der Waals surface area contributed by atoms with Crippen molar-refractivity contribution in [3.8, 4) is 0 Å². The lowest BCUT2D eigenvalue weighted by molar-refractivity contribution is -0.167. The fraction of sp³-hybridized carbons (Fsp3) is 0.788. The molecule has 0 amide bonds. The molecule has 1 unspecified atom stereocenters. The SMILES string of the molecule is CC/C=C\C/C=C\C/C=C\CCCCCCCC(=O)OCC(COC(=O)CCCCCCCCCCCCC)OC(=O)CCCCCCC/C=C\CCCCCCC. The summed E-state index contributed by atoms with van der Waals surface area (Å²) >= 11 is 0. The van der Waals surface area contributed by atoms with Crippen LogP contribution in [0, 0.1) is 0 Å². The number of carbonyl (C=O) groups excluding carboxylic acids is 3. The lowest BCUT2D eigenvalue weighted by atomic mass is 10.1. The smallest absolute Gasteiger partial charge is 0.306 e. The highest BCUT2D eigenvalue weighted by Gasteiger charge is 2.19. The summed E-state index contributed by atoms with van der Waals surface area (Å²) in [5, 5.41) is 0. The molecule has 0 rings (SSSR count). The normalized spacial score (nSPS) is 12.4. The minimum atomic E-state index is -0.780. The molecule has 0 heterocycles. The van der Waals surface area contributed by atoms with Crippen LogP contribution in [0.2, 0.25) is 0 Å². The minimum Gasteiger partial charge on any atom is -0.462 e. The van der Waals surface area contributed by atoms with E-state index in [1.54, 1.807) is 0 Å². The lowest BCUT2D eigenvalue weighted by Crippen LogP contribution is -2.30. The summed E-state index contributed by atoms with van der Waals surface area (Å²) < 4.78 is 16.7. The van der Waals surface area contributed by atoms with E-state index in [-0.39, 0.29) is 31.1 Å². The van der Waals surface area contributed by atoms with Gasteiger partial charge >= 0.3 is 17.9 Å². The van der Waals surface area contributed by atoms with Gasteiger partial charge in [0.05, 0.1) is 0 Å². The maximum absolute atomic E-state index is 12.8. The van der Waals surface area contributed by atoms with E-state index in [1.807, 2.05) is 0 Å². The zero-order chi connectivity index (χ0) is 42.3. The molecule has 0 aromatic heterocycles. The molecule has 0 bridgehead atoms. The first-order chi connectivity index (χ1) is 28.5. The third-order valence-corrected chi connectivity index (χ3v) is 10.6. The molecular weight excluding hydrogens is 721 g/mol. The van der Waals surface area contributed by atoms with E-state index >= 15 is 0 Å². The van der Waals surface area contributed by atoms with Crippen molar-refractivity contribution in [1.82, 2.24) is 0 Å². The van der Waals surface area contributed by atoms with Gasteiger partial charge in [0.2, 0.25) is 0 Å². The third-order valence-electron chi connectivity index (χ3n) is 10.6. The Morgan fingerprint density at radius 1 is 0.362 bits per heavy atom. The average Bonchev–Trinajstić information content (AvgIpc) is 3.22. The molecule has 6 heteroatoms. The first-order valence-electron chi connectivity index (χ1n) is 24.6. The minimum absolute atomic E-state index is 0.0802. The topological polar surface area (TPSA) is 78.9 Å². The second kappa shape index (κ2) is 47.1. The second-order valence-electron chi connectivity index (χ2n) is 16.3. The maximum atomic E-state index is 12.8. The van der Waals surface area contributed by atoms with Crippen molar-refractivity contribution in [1.29, 1.82) is 0 Å². The van der Waals surface area contributed by atoms with E-state index in [9.17, 15) is 14.4 Å². The predicted octanol–water partition coefficient (Wildman–Crippen LogP) is 15.9. The Labute approximate surface area is 358 Å². The monoisotopic (exact) mass is 813 g/mol. The summed E-state index contributed by atoms with van der Waals surface area (Å²) in [6.07, 6.45) is 55.2. The first-order valence-corrected chi connectivity index (χ1v) is 24.6. The number of esters is 3. The van der Waals surface area contributed by atoms with Crippen LogP contribution >= 0.6 is 0 Å². The molecule has 1 atom stereocenters. The van der Waals surface area contributed by atoms with E-state index in [4.69, 9.17) is 14.2 Å². The molecule has 0 aliphatic carbocycles. The van der Waals surface area contributed by atoms with Crippen LogP contribution < -0.4 is 0 Å². The van der Waals surface area contributed by atoms with Gasteiger partial charge in [-0.05, 0) is 77.0 Å². The van der Waals surface area contributed by atoms with Gasteiger partial charge in [0.1, 0.15) is 13.2 Å². The predicted molar refractivity (Wildman–Crippen MR) is 247 cm³/mol. The van der Waals surface area contributed by atoms with Gasteiger partial charge in [-0.25, -0.2) is 0 Å². The highest BCUT2D eigenvalue weighted by atomic mass is 16.6. The van der Waals surface area contributed by atoms with Gasteiger partial charge in [-0.15, -0.1) is 0 Å². The van der Waals surface area contributed by atoms with Gasteiger partial charge in [-0.3, -0.25) is 14.4 Å². The highest BCUT2D eigenvalue weighted by molar-refractivity contribution is 5.71. The van der Waals surface area contributed by atoms with Crippen LogP contribution in [0.3, 0.4) is 0 Å². The molecule has 0 aliphatic rings. The van der Waals surface area contributed by atoms with Gasteiger partial charge < -0.3 is 14.2 Å². The van der Waals surface area contributed by atoms with Crippen molar-refractivity contribution in [3.05, 3.63) is 48.6 Å². The van der Waals surface area contributed by atoms with Crippen LogP contribution in [0.1, 0.15) is 245 Å². The molecule has 0 spiro atoms. The Hall–Kier alpha value is -2.63. The zero-order valence-electron chi connectivity index (χ0n) is 38.3. The van der Waals surface area contributed by atoms with Crippen LogP contribution in [0.25, 0.3) is 0 Å². The van der Waals surface area contributed by atoms with Crippen molar-refractivity contribution in [2.75, 3.05) is 13.2 Å². The number of ether oxygens (including phenoxy) is 3. The number of hydrogen-bond donors (Lipinski definition) is 0. The van der Waals surface area contributed by atoms with Crippen LogP contribution in [0.4, 0.5) is 0 Å². The molecule has 0 radical (unpaired) electrons. The highest BCUT2D eigenvalue weighted by Crippen LogP contribution is 2.14. The van der Waals surface area contributed by atoms with Gasteiger partial charge in [0, 0.05) is 19.3 Å². The van der Waals surface area contributed by atoms with Crippen molar-refractivity contribution >= 4 is 17.9 Å². The molecule has 336 valence electrons.